The number of aromatic nitrogens is 2. The summed E-state index contributed by atoms with van der Waals surface area (Å²) in [7, 11) is 0. The van der Waals surface area contributed by atoms with Gasteiger partial charge in [-0.2, -0.15) is 5.10 Å². The van der Waals surface area contributed by atoms with Crippen LogP contribution in [0.3, 0.4) is 0 Å². The molecular weight excluding hydrogens is 272 g/mol. The van der Waals surface area contributed by atoms with Gasteiger partial charge in [-0.25, -0.2) is 4.68 Å². The van der Waals surface area contributed by atoms with Gasteiger partial charge < -0.3 is 5.32 Å². The first-order chi connectivity index (χ1) is 10.7. The second kappa shape index (κ2) is 7.61. The first-order valence-electron chi connectivity index (χ1n) is 8.84. The molecule has 1 aromatic rings. The number of nitrogens with zero attached hydrogens (tertiary/aromatic N) is 3. The average Bonchev–Trinajstić information content (AvgIpc) is 3.25. The molecule has 2 aliphatic rings. The van der Waals surface area contributed by atoms with Crippen molar-refractivity contribution < 1.29 is 0 Å². The first-order valence-corrected chi connectivity index (χ1v) is 8.84. The summed E-state index contributed by atoms with van der Waals surface area (Å²) in [4.78, 5) is 4.88. The van der Waals surface area contributed by atoms with E-state index in [4.69, 9.17) is 4.99 Å². The molecule has 0 aromatic carbocycles. The number of amidine groups is 1. The van der Waals surface area contributed by atoms with Gasteiger partial charge in [0.2, 0.25) is 0 Å². The maximum absolute atomic E-state index is 4.88. The minimum absolute atomic E-state index is 0.336. The topological polar surface area (TPSA) is 42.2 Å². The monoisotopic (exact) mass is 302 g/mol. The number of hydrogen-bond acceptors (Lipinski definition) is 2. The van der Waals surface area contributed by atoms with E-state index in [9.17, 15) is 0 Å². The van der Waals surface area contributed by atoms with Crippen LogP contribution in [0, 0.1) is 6.92 Å². The number of anilines is 1. The largest absolute Gasteiger partial charge is 0.325 e. The Morgan fingerprint density at radius 2 is 2.09 bits per heavy atom. The quantitative estimate of drug-likeness (QED) is 0.861. The van der Waals surface area contributed by atoms with Crippen molar-refractivity contribution in [1.29, 1.82) is 0 Å². The molecule has 1 atom stereocenters. The van der Waals surface area contributed by atoms with Gasteiger partial charge in [0.25, 0.3) is 0 Å². The highest BCUT2D eigenvalue weighted by Crippen LogP contribution is 2.35. The van der Waals surface area contributed by atoms with E-state index in [2.05, 4.69) is 48.0 Å². The minimum atomic E-state index is 0.336. The van der Waals surface area contributed by atoms with Gasteiger partial charge in [0.1, 0.15) is 11.7 Å². The SMILES string of the molecule is CC.CC/C=C1/C(=NC2CC2)Nc2cc(C)nn2C1CCC. The third-order valence-corrected chi connectivity index (χ3v) is 3.88. The molecule has 1 saturated carbocycles. The lowest BCUT2D eigenvalue weighted by atomic mass is 9.98. The van der Waals surface area contributed by atoms with Crippen molar-refractivity contribution in [2.45, 2.75) is 78.8 Å². The molecule has 1 N–H and O–H groups in total. The van der Waals surface area contributed by atoms with E-state index in [-0.39, 0.29) is 0 Å². The first kappa shape index (κ1) is 16.8. The van der Waals surface area contributed by atoms with Crippen LogP contribution >= 0.6 is 0 Å². The van der Waals surface area contributed by atoms with Crippen molar-refractivity contribution in [3.05, 3.63) is 23.4 Å². The van der Waals surface area contributed by atoms with Gasteiger partial charge in [0, 0.05) is 11.6 Å². The molecule has 1 aromatic heterocycles. The Morgan fingerprint density at radius 1 is 1.36 bits per heavy atom. The third kappa shape index (κ3) is 3.60. The summed E-state index contributed by atoms with van der Waals surface area (Å²) < 4.78 is 2.15. The van der Waals surface area contributed by atoms with Crippen LogP contribution in [-0.2, 0) is 0 Å². The lowest BCUT2D eigenvalue weighted by Gasteiger charge is -2.30. The van der Waals surface area contributed by atoms with E-state index in [0.29, 0.717) is 12.1 Å². The average molecular weight is 302 g/mol. The number of hydrogen-bond donors (Lipinski definition) is 1. The number of aryl methyl sites for hydroxylation is 1. The van der Waals surface area contributed by atoms with E-state index >= 15 is 0 Å². The minimum Gasteiger partial charge on any atom is -0.325 e. The zero-order chi connectivity index (χ0) is 16.1. The second-order valence-electron chi connectivity index (χ2n) is 5.82. The summed E-state index contributed by atoms with van der Waals surface area (Å²) in [5, 5.41) is 8.17. The Bertz CT molecular complexity index is 549. The summed E-state index contributed by atoms with van der Waals surface area (Å²) in [6.07, 6.45) is 8.10. The molecule has 2 heterocycles. The summed E-state index contributed by atoms with van der Waals surface area (Å²) in [6.45, 7) is 10.5. The van der Waals surface area contributed by atoms with E-state index in [1.54, 1.807) is 0 Å². The van der Waals surface area contributed by atoms with E-state index in [0.717, 1.165) is 36.6 Å². The smallest absolute Gasteiger partial charge is 0.131 e. The summed E-state index contributed by atoms with van der Waals surface area (Å²) in [5.74, 6) is 2.17. The number of nitrogens with one attached hydrogen (secondary N) is 1. The van der Waals surface area contributed by atoms with Crippen LogP contribution in [0.1, 0.15) is 71.5 Å². The Labute approximate surface area is 134 Å². The Kier molecular flexibility index (Phi) is 5.81. The van der Waals surface area contributed by atoms with Gasteiger partial charge >= 0.3 is 0 Å². The second-order valence-corrected chi connectivity index (χ2v) is 5.82. The van der Waals surface area contributed by atoms with Gasteiger partial charge in [-0.1, -0.05) is 40.2 Å². The van der Waals surface area contributed by atoms with Crippen LogP contribution in [-0.4, -0.2) is 21.7 Å². The fourth-order valence-electron chi connectivity index (χ4n) is 2.83. The van der Waals surface area contributed by atoms with Crippen LogP contribution in [0.15, 0.2) is 22.7 Å². The van der Waals surface area contributed by atoms with Crippen molar-refractivity contribution in [2.75, 3.05) is 5.32 Å². The van der Waals surface area contributed by atoms with Crippen LogP contribution < -0.4 is 5.32 Å². The van der Waals surface area contributed by atoms with Gasteiger partial charge in [-0.15, -0.1) is 0 Å². The molecule has 1 aliphatic carbocycles. The molecule has 0 bridgehead atoms. The standard InChI is InChI=1S/C16H24N4.C2H6/c1-4-6-13-14(7-5-2)20-15(10-11(3)19-20)18-16(13)17-12-8-9-12;1-2/h6,10,12,14H,4-5,7-9H2,1-3H3,(H,17,18);1-2H3/b13-6+;. The molecule has 3 rings (SSSR count). The molecule has 0 spiro atoms. The lowest BCUT2D eigenvalue weighted by molar-refractivity contribution is 0.483. The predicted molar refractivity (Wildman–Crippen MR) is 94.7 cm³/mol. The number of aliphatic imine (C=N–C) groups is 1. The number of fused-ring (bicyclic) bond motifs is 1. The maximum atomic E-state index is 4.88. The highest BCUT2D eigenvalue weighted by atomic mass is 15.4. The summed E-state index contributed by atoms with van der Waals surface area (Å²) in [5.41, 5.74) is 2.40. The van der Waals surface area contributed by atoms with Gasteiger partial charge in [0.15, 0.2) is 0 Å². The molecular formula is C18H30N4. The fraction of sp³-hybridized carbons (Fsp3) is 0.667. The molecule has 4 nitrogen and oxygen atoms in total. The van der Waals surface area contributed by atoms with Crippen molar-refractivity contribution in [3.8, 4) is 0 Å². The molecule has 0 radical (unpaired) electrons. The molecule has 0 saturated heterocycles. The van der Waals surface area contributed by atoms with E-state index in [1.807, 2.05) is 13.8 Å². The maximum Gasteiger partial charge on any atom is 0.131 e. The van der Waals surface area contributed by atoms with Crippen molar-refractivity contribution in [3.63, 3.8) is 0 Å². The predicted octanol–water partition coefficient (Wildman–Crippen LogP) is 4.88. The molecule has 0 amide bonds. The normalized spacial score (nSPS) is 23.8. The Balaban J connectivity index is 0.000000847. The van der Waals surface area contributed by atoms with Gasteiger partial charge in [0.05, 0.1) is 17.8 Å². The van der Waals surface area contributed by atoms with Crippen LogP contribution in [0.25, 0.3) is 0 Å². The van der Waals surface area contributed by atoms with Gasteiger partial charge in [-0.05, 0) is 32.6 Å². The van der Waals surface area contributed by atoms with E-state index in [1.165, 1.54) is 18.4 Å². The molecule has 4 heteroatoms. The van der Waals surface area contributed by atoms with Crippen LogP contribution in [0.2, 0.25) is 0 Å². The molecule has 1 aliphatic heterocycles. The highest BCUT2D eigenvalue weighted by molar-refractivity contribution is 6.09. The molecule has 1 fully saturated rings. The van der Waals surface area contributed by atoms with Crippen molar-refractivity contribution >= 4 is 11.7 Å². The van der Waals surface area contributed by atoms with E-state index < -0.39 is 0 Å². The lowest BCUT2D eigenvalue weighted by Crippen LogP contribution is -2.31. The summed E-state index contributed by atoms with van der Waals surface area (Å²) >= 11 is 0. The highest BCUT2D eigenvalue weighted by Gasteiger charge is 2.31. The van der Waals surface area contributed by atoms with Gasteiger partial charge in [-0.3, -0.25) is 4.99 Å². The zero-order valence-electron chi connectivity index (χ0n) is 14.7. The molecule has 1 unspecified atom stereocenters. The van der Waals surface area contributed by atoms with Crippen LogP contribution in [0.5, 0.6) is 0 Å². The zero-order valence-corrected chi connectivity index (χ0v) is 14.7. The molecule has 22 heavy (non-hydrogen) atoms. The molecule has 122 valence electrons. The number of allylic oxidation sites excluding steroid dienone is 1. The Morgan fingerprint density at radius 3 is 2.68 bits per heavy atom. The fourth-order valence-corrected chi connectivity index (χ4v) is 2.83. The van der Waals surface area contributed by atoms with Crippen molar-refractivity contribution in [1.82, 2.24) is 9.78 Å². The summed E-state index contributed by atoms with van der Waals surface area (Å²) in [6, 6.07) is 2.99. The Hall–Kier alpha value is -1.58. The third-order valence-electron chi connectivity index (χ3n) is 3.88. The number of rotatable bonds is 4. The van der Waals surface area contributed by atoms with Crippen molar-refractivity contribution in [2.24, 2.45) is 4.99 Å². The van der Waals surface area contributed by atoms with Crippen LogP contribution in [0.4, 0.5) is 5.82 Å².